The van der Waals surface area contributed by atoms with Crippen LogP contribution in [0.15, 0.2) is 48.5 Å². The van der Waals surface area contributed by atoms with Crippen LogP contribution < -0.4 is 4.74 Å². The van der Waals surface area contributed by atoms with E-state index in [1.807, 2.05) is 31.2 Å². The Morgan fingerprint density at radius 2 is 1.90 bits per heavy atom. The summed E-state index contributed by atoms with van der Waals surface area (Å²) in [7, 11) is 1.61. The highest BCUT2D eigenvalue weighted by atomic mass is 19.1. The van der Waals surface area contributed by atoms with Gasteiger partial charge in [0.2, 0.25) is 0 Å². The van der Waals surface area contributed by atoms with Crippen LogP contribution in [0.1, 0.15) is 18.1 Å². The summed E-state index contributed by atoms with van der Waals surface area (Å²) in [5.74, 6) is 0.475. The van der Waals surface area contributed by atoms with Crippen molar-refractivity contribution in [1.82, 2.24) is 0 Å². The van der Waals surface area contributed by atoms with Gasteiger partial charge in [-0.2, -0.15) is 0 Å². The van der Waals surface area contributed by atoms with Crippen molar-refractivity contribution in [3.05, 3.63) is 65.5 Å². The molecule has 0 aliphatic heterocycles. The van der Waals surface area contributed by atoms with Gasteiger partial charge in [-0.3, -0.25) is 0 Å². The molecule has 0 spiro atoms. The fraction of sp³-hybridized carbons (Fsp3) is 0.294. The zero-order chi connectivity index (χ0) is 14.6. The second kappa shape index (κ2) is 6.06. The predicted molar refractivity (Wildman–Crippen MR) is 77.5 cm³/mol. The quantitative estimate of drug-likeness (QED) is 0.906. The highest BCUT2D eigenvalue weighted by Crippen LogP contribution is 2.30. The zero-order valence-corrected chi connectivity index (χ0v) is 11.8. The van der Waals surface area contributed by atoms with Gasteiger partial charge in [-0.25, -0.2) is 4.39 Å². The van der Waals surface area contributed by atoms with Gasteiger partial charge in [0.05, 0.1) is 13.7 Å². The standard InChI is InChI=1S/C17H19FO2/c1-17(12-19,15-8-3-4-9-16(15)18)11-13-6-5-7-14(10-13)20-2/h3-10,19H,11-12H2,1-2H3. The molecule has 1 atom stereocenters. The number of rotatable bonds is 5. The lowest BCUT2D eigenvalue weighted by molar-refractivity contribution is 0.201. The lowest BCUT2D eigenvalue weighted by Crippen LogP contribution is -2.30. The third-order valence-electron chi connectivity index (χ3n) is 3.60. The van der Waals surface area contributed by atoms with Gasteiger partial charge in [-0.15, -0.1) is 0 Å². The fourth-order valence-electron chi connectivity index (χ4n) is 2.42. The number of halogens is 1. The maximum Gasteiger partial charge on any atom is 0.127 e. The maximum absolute atomic E-state index is 14.0. The van der Waals surface area contributed by atoms with E-state index >= 15 is 0 Å². The van der Waals surface area contributed by atoms with E-state index in [1.54, 1.807) is 25.3 Å². The van der Waals surface area contributed by atoms with Crippen molar-refractivity contribution in [2.45, 2.75) is 18.8 Å². The first-order valence-corrected chi connectivity index (χ1v) is 6.58. The van der Waals surface area contributed by atoms with Crippen molar-refractivity contribution < 1.29 is 14.2 Å². The van der Waals surface area contributed by atoms with Gasteiger partial charge in [-0.1, -0.05) is 37.3 Å². The zero-order valence-electron chi connectivity index (χ0n) is 11.8. The van der Waals surface area contributed by atoms with Gasteiger partial charge in [0.25, 0.3) is 0 Å². The highest BCUT2D eigenvalue weighted by molar-refractivity contribution is 5.33. The third-order valence-corrected chi connectivity index (χ3v) is 3.60. The fourth-order valence-corrected chi connectivity index (χ4v) is 2.42. The molecular weight excluding hydrogens is 255 g/mol. The van der Waals surface area contributed by atoms with E-state index < -0.39 is 5.41 Å². The molecular formula is C17H19FO2. The van der Waals surface area contributed by atoms with Crippen LogP contribution in [0.4, 0.5) is 4.39 Å². The summed E-state index contributed by atoms with van der Waals surface area (Å²) in [6.07, 6.45) is 0.543. The molecule has 0 heterocycles. The lowest BCUT2D eigenvalue weighted by atomic mass is 9.77. The van der Waals surface area contributed by atoms with Crippen molar-refractivity contribution >= 4 is 0 Å². The molecule has 106 valence electrons. The molecule has 0 aromatic heterocycles. The van der Waals surface area contributed by atoms with E-state index in [0.717, 1.165) is 11.3 Å². The average molecular weight is 274 g/mol. The van der Waals surface area contributed by atoms with Crippen LogP contribution in [-0.2, 0) is 11.8 Å². The molecule has 0 saturated heterocycles. The number of methoxy groups -OCH3 is 1. The van der Waals surface area contributed by atoms with E-state index in [1.165, 1.54) is 6.07 Å². The number of aliphatic hydroxyl groups excluding tert-OH is 1. The number of ether oxygens (including phenoxy) is 1. The van der Waals surface area contributed by atoms with Crippen molar-refractivity contribution in [3.8, 4) is 5.75 Å². The summed E-state index contributed by atoms with van der Waals surface area (Å²) >= 11 is 0. The summed E-state index contributed by atoms with van der Waals surface area (Å²) in [5.41, 5.74) is 0.881. The molecule has 0 radical (unpaired) electrons. The first-order chi connectivity index (χ1) is 9.59. The number of hydrogen-bond donors (Lipinski definition) is 1. The molecule has 0 aliphatic carbocycles. The summed E-state index contributed by atoms with van der Waals surface area (Å²) < 4.78 is 19.2. The molecule has 0 amide bonds. The number of hydrogen-bond acceptors (Lipinski definition) is 2. The van der Waals surface area contributed by atoms with Crippen molar-refractivity contribution in [1.29, 1.82) is 0 Å². The topological polar surface area (TPSA) is 29.5 Å². The molecule has 20 heavy (non-hydrogen) atoms. The van der Waals surface area contributed by atoms with Crippen LogP contribution in [0.2, 0.25) is 0 Å². The molecule has 2 nitrogen and oxygen atoms in total. The monoisotopic (exact) mass is 274 g/mol. The van der Waals surface area contributed by atoms with E-state index in [4.69, 9.17) is 4.74 Å². The molecule has 2 rings (SSSR count). The first kappa shape index (κ1) is 14.5. The summed E-state index contributed by atoms with van der Waals surface area (Å²) in [4.78, 5) is 0. The molecule has 2 aromatic rings. The van der Waals surface area contributed by atoms with Crippen molar-refractivity contribution in [2.24, 2.45) is 0 Å². The minimum absolute atomic E-state index is 0.120. The highest BCUT2D eigenvalue weighted by Gasteiger charge is 2.29. The van der Waals surface area contributed by atoms with E-state index in [-0.39, 0.29) is 12.4 Å². The molecule has 1 N–H and O–H groups in total. The molecule has 3 heteroatoms. The van der Waals surface area contributed by atoms with Gasteiger partial charge in [0, 0.05) is 5.41 Å². The van der Waals surface area contributed by atoms with Gasteiger partial charge in [-0.05, 0) is 35.7 Å². The Kier molecular flexibility index (Phi) is 4.40. The average Bonchev–Trinajstić information content (AvgIpc) is 2.47. The van der Waals surface area contributed by atoms with Gasteiger partial charge < -0.3 is 9.84 Å². The largest absolute Gasteiger partial charge is 0.497 e. The Labute approximate surface area is 118 Å². The second-order valence-corrected chi connectivity index (χ2v) is 5.23. The Morgan fingerprint density at radius 1 is 1.15 bits per heavy atom. The minimum Gasteiger partial charge on any atom is -0.497 e. The first-order valence-electron chi connectivity index (χ1n) is 6.58. The third kappa shape index (κ3) is 2.99. The molecule has 0 fully saturated rings. The summed E-state index contributed by atoms with van der Waals surface area (Å²) in [5, 5.41) is 9.75. The molecule has 0 saturated carbocycles. The number of benzene rings is 2. The van der Waals surface area contributed by atoms with Crippen LogP contribution >= 0.6 is 0 Å². The van der Waals surface area contributed by atoms with Crippen molar-refractivity contribution in [2.75, 3.05) is 13.7 Å². The summed E-state index contributed by atoms with van der Waals surface area (Å²) in [6, 6.07) is 14.2. The van der Waals surface area contributed by atoms with E-state index in [9.17, 15) is 9.50 Å². The van der Waals surface area contributed by atoms with Gasteiger partial charge in [0.1, 0.15) is 11.6 Å². The smallest absolute Gasteiger partial charge is 0.127 e. The molecule has 0 bridgehead atoms. The normalized spacial score (nSPS) is 13.8. The molecule has 1 unspecified atom stereocenters. The Bertz CT molecular complexity index is 583. The van der Waals surface area contributed by atoms with E-state index in [0.29, 0.717) is 12.0 Å². The Morgan fingerprint density at radius 3 is 2.55 bits per heavy atom. The number of aliphatic hydroxyl groups is 1. The minimum atomic E-state index is -0.655. The predicted octanol–water partition coefficient (Wildman–Crippen LogP) is 3.33. The van der Waals surface area contributed by atoms with Crippen LogP contribution in [0.5, 0.6) is 5.75 Å². The lowest BCUT2D eigenvalue weighted by Gasteiger charge is -2.28. The Balaban J connectivity index is 2.34. The molecule has 2 aromatic carbocycles. The van der Waals surface area contributed by atoms with Crippen LogP contribution in [0.25, 0.3) is 0 Å². The van der Waals surface area contributed by atoms with Gasteiger partial charge >= 0.3 is 0 Å². The van der Waals surface area contributed by atoms with Crippen LogP contribution in [0, 0.1) is 5.82 Å². The molecule has 0 aliphatic rings. The van der Waals surface area contributed by atoms with E-state index in [2.05, 4.69) is 0 Å². The van der Waals surface area contributed by atoms with Crippen LogP contribution in [-0.4, -0.2) is 18.8 Å². The van der Waals surface area contributed by atoms with Crippen molar-refractivity contribution in [3.63, 3.8) is 0 Å². The van der Waals surface area contributed by atoms with Crippen LogP contribution in [0.3, 0.4) is 0 Å². The Hall–Kier alpha value is -1.87. The maximum atomic E-state index is 14.0. The second-order valence-electron chi connectivity index (χ2n) is 5.23. The SMILES string of the molecule is COc1cccc(CC(C)(CO)c2ccccc2F)c1. The van der Waals surface area contributed by atoms with Gasteiger partial charge in [0.15, 0.2) is 0 Å². The summed E-state index contributed by atoms with van der Waals surface area (Å²) in [6.45, 7) is 1.75.